The average Bonchev–Trinajstić information content (AvgIpc) is 2.61. The zero-order valence-electron chi connectivity index (χ0n) is 14.1. The lowest BCUT2D eigenvalue weighted by Gasteiger charge is -2.39. The molecular weight excluding hydrogens is 320 g/mol. The van der Waals surface area contributed by atoms with Gasteiger partial charge in [0.15, 0.2) is 17.3 Å². The van der Waals surface area contributed by atoms with E-state index in [1.807, 2.05) is 31.2 Å². The van der Waals surface area contributed by atoms with Crippen LogP contribution in [0.25, 0.3) is 0 Å². The van der Waals surface area contributed by atoms with Crippen LogP contribution >= 0.6 is 0 Å². The number of aromatic nitrogens is 2. The standard InChI is InChI=1S/C18H20N4O3/c1-12-5-6-16(21-20-12)22-10-13(11-22)9-19-18(23)14-3-2-4-15-17(14)25-8-7-24-15/h2-6,13H,7-11H2,1H3,(H,19,23). The first kappa shape index (κ1) is 15.7. The van der Waals surface area contributed by atoms with Crippen LogP contribution in [-0.4, -0.2) is 49.0 Å². The molecule has 130 valence electrons. The third-order valence-corrected chi connectivity index (χ3v) is 4.43. The fraction of sp³-hybridized carbons (Fsp3) is 0.389. The summed E-state index contributed by atoms with van der Waals surface area (Å²) in [6.45, 7) is 5.25. The summed E-state index contributed by atoms with van der Waals surface area (Å²) >= 11 is 0. The van der Waals surface area contributed by atoms with E-state index in [0.29, 0.717) is 42.7 Å². The smallest absolute Gasteiger partial charge is 0.255 e. The molecule has 0 spiro atoms. The predicted octanol–water partition coefficient (Wildman–Crippen LogP) is 1.42. The molecule has 0 atom stereocenters. The lowest BCUT2D eigenvalue weighted by molar-refractivity contribution is 0.0933. The fourth-order valence-electron chi connectivity index (χ4n) is 3.03. The normalized spacial score (nSPS) is 16.3. The van der Waals surface area contributed by atoms with Crippen molar-refractivity contribution in [1.82, 2.24) is 15.5 Å². The Hall–Kier alpha value is -2.83. The minimum absolute atomic E-state index is 0.129. The number of rotatable bonds is 4. The first-order valence-electron chi connectivity index (χ1n) is 8.43. The molecule has 2 aliphatic rings. The van der Waals surface area contributed by atoms with E-state index in [0.717, 1.165) is 24.6 Å². The Morgan fingerprint density at radius 3 is 2.84 bits per heavy atom. The van der Waals surface area contributed by atoms with Crippen LogP contribution in [0.5, 0.6) is 11.5 Å². The molecule has 0 radical (unpaired) electrons. The Morgan fingerprint density at radius 2 is 2.04 bits per heavy atom. The first-order valence-corrected chi connectivity index (χ1v) is 8.43. The summed E-state index contributed by atoms with van der Waals surface area (Å²) in [4.78, 5) is 14.6. The Labute approximate surface area is 146 Å². The second-order valence-corrected chi connectivity index (χ2v) is 6.34. The molecule has 1 N–H and O–H groups in total. The Balaban J connectivity index is 1.31. The number of fused-ring (bicyclic) bond motifs is 1. The summed E-state index contributed by atoms with van der Waals surface area (Å²) in [7, 11) is 0. The van der Waals surface area contributed by atoms with Gasteiger partial charge >= 0.3 is 0 Å². The van der Waals surface area contributed by atoms with Gasteiger partial charge in [-0.05, 0) is 31.2 Å². The molecule has 1 fully saturated rings. The topological polar surface area (TPSA) is 76.6 Å². The van der Waals surface area contributed by atoms with Gasteiger partial charge in [-0.15, -0.1) is 5.10 Å². The number of amides is 1. The van der Waals surface area contributed by atoms with Crippen molar-refractivity contribution in [3.8, 4) is 11.5 Å². The number of anilines is 1. The minimum Gasteiger partial charge on any atom is -0.486 e. The molecule has 0 aliphatic carbocycles. The average molecular weight is 340 g/mol. The summed E-state index contributed by atoms with van der Waals surface area (Å²) in [5.41, 5.74) is 1.43. The predicted molar refractivity (Wildman–Crippen MR) is 92.2 cm³/mol. The summed E-state index contributed by atoms with van der Waals surface area (Å²) in [6, 6.07) is 9.32. The highest BCUT2D eigenvalue weighted by Gasteiger charge is 2.29. The van der Waals surface area contributed by atoms with E-state index in [1.165, 1.54) is 0 Å². The summed E-state index contributed by atoms with van der Waals surface area (Å²) < 4.78 is 11.1. The van der Waals surface area contributed by atoms with Gasteiger partial charge in [0.25, 0.3) is 5.91 Å². The highest BCUT2D eigenvalue weighted by molar-refractivity contribution is 5.97. The number of para-hydroxylation sites is 1. The van der Waals surface area contributed by atoms with Crippen LogP contribution in [0.3, 0.4) is 0 Å². The van der Waals surface area contributed by atoms with Crippen LogP contribution in [-0.2, 0) is 0 Å². The zero-order valence-corrected chi connectivity index (χ0v) is 14.1. The number of aryl methyl sites for hydroxylation is 1. The fourth-order valence-corrected chi connectivity index (χ4v) is 3.03. The van der Waals surface area contributed by atoms with Crippen molar-refractivity contribution in [3.05, 3.63) is 41.6 Å². The molecule has 4 rings (SSSR count). The minimum atomic E-state index is -0.129. The van der Waals surface area contributed by atoms with Gasteiger partial charge in [-0.3, -0.25) is 4.79 Å². The van der Waals surface area contributed by atoms with Gasteiger partial charge in [0.2, 0.25) is 0 Å². The van der Waals surface area contributed by atoms with E-state index in [9.17, 15) is 4.79 Å². The highest BCUT2D eigenvalue weighted by Crippen LogP contribution is 2.33. The lowest BCUT2D eigenvalue weighted by Crippen LogP contribution is -2.52. The Bertz CT molecular complexity index is 772. The maximum Gasteiger partial charge on any atom is 0.255 e. The third kappa shape index (κ3) is 3.22. The molecule has 2 aromatic rings. The zero-order chi connectivity index (χ0) is 17.2. The maximum absolute atomic E-state index is 12.5. The number of hydrogen-bond donors (Lipinski definition) is 1. The molecule has 0 unspecified atom stereocenters. The van der Waals surface area contributed by atoms with Gasteiger partial charge in [0.1, 0.15) is 13.2 Å². The second-order valence-electron chi connectivity index (χ2n) is 6.34. The van der Waals surface area contributed by atoms with Crippen molar-refractivity contribution in [2.75, 3.05) is 37.7 Å². The number of ether oxygens (including phenoxy) is 2. The van der Waals surface area contributed by atoms with Crippen LogP contribution in [0.4, 0.5) is 5.82 Å². The molecule has 0 saturated carbocycles. The van der Waals surface area contributed by atoms with Crippen LogP contribution in [0, 0.1) is 12.8 Å². The van der Waals surface area contributed by atoms with E-state index < -0.39 is 0 Å². The molecule has 0 bridgehead atoms. The lowest BCUT2D eigenvalue weighted by atomic mass is 10.00. The highest BCUT2D eigenvalue weighted by atomic mass is 16.6. The molecular formula is C18H20N4O3. The van der Waals surface area contributed by atoms with E-state index >= 15 is 0 Å². The van der Waals surface area contributed by atoms with Crippen LogP contribution in [0.2, 0.25) is 0 Å². The third-order valence-electron chi connectivity index (χ3n) is 4.43. The molecule has 1 aromatic heterocycles. The molecule has 1 saturated heterocycles. The molecule has 1 aromatic carbocycles. The number of nitrogens with zero attached hydrogens (tertiary/aromatic N) is 3. The molecule has 1 amide bonds. The summed E-state index contributed by atoms with van der Waals surface area (Å²) in [5, 5.41) is 11.3. The Kier molecular flexibility index (Phi) is 4.13. The number of benzene rings is 1. The monoisotopic (exact) mass is 340 g/mol. The van der Waals surface area contributed by atoms with E-state index in [2.05, 4.69) is 20.4 Å². The van der Waals surface area contributed by atoms with Crippen molar-refractivity contribution in [2.45, 2.75) is 6.92 Å². The van der Waals surface area contributed by atoms with Gasteiger partial charge in [-0.2, -0.15) is 5.10 Å². The molecule has 3 heterocycles. The maximum atomic E-state index is 12.5. The quantitative estimate of drug-likeness (QED) is 0.907. The van der Waals surface area contributed by atoms with E-state index in [1.54, 1.807) is 6.07 Å². The molecule has 25 heavy (non-hydrogen) atoms. The van der Waals surface area contributed by atoms with Crippen LogP contribution < -0.4 is 19.7 Å². The van der Waals surface area contributed by atoms with Gasteiger partial charge in [-0.25, -0.2) is 0 Å². The van der Waals surface area contributed by atoms with E-state index in [-0.39, 0.29) is 5.91 Å². The largest absolute Gasteiger partial charge is 0.486 e. The van der Waals surface area contributed by atoms with Crippen molar-refractivity contribution < 1.29 is 14.3 Å². The van der Waals surface area contributed by atoms with Crippen molar-refractivity contribution >= 4 is 11.7 Å². The van der Waals surface area contributed by atoms with Gasteiger partial charge in [-0.1, -0.05) is 6.07 Å². The number of hydrogen-bond acceptors (Lipinski definition) is 6. The number of nitrogens with one attached hydrogen (secondary N) is 1. The van der Waals surface area contributed by atoms with Gasteiger partial charge < -0.3 is 19.7 Å². The SMILES string of the molecule is Cc1ccc(N2CC(CNC(=O)c3cccc4c3OCCO4)C2)nn1. The van der Waals surface area contributed by atoms with Crippen LogP contribution in [0.1, 0.15) is 16.1 Å². The first-order chi connectivity index (χ1) is 12.2. The van der Waals surface area contributed by atoms with E-state index in [4.69, 9.17) is 9.47 Å². The van der Waals surface area contributed by atoms with Crippen molar-refractivity contribution in [2.24, 2.45) is 5.92 Å². The number of carbonyl (C=O) groups excluding carboxylic acids is 1. The summed E-state index contributed by atoms with van der Waals surface area (Å²) in [6.07, 6.45) is 0. The number of carbonyl (C=O) groups is 1. The molecule has 7 heteroatoms. The second kappa shape index (κ2) is 6.58. The van der Waals surface area contributed by atoms with Gasteiger partial charge in [0, 0.05) is 25.6 Å². The van der Waals surface area contributed by atoms with Crippen molar-refractivity contribution in [3.63, 3.8) is 0 Å². The van der Waals surface area contributed by atoms with Crippen molar-refractivity contribution in [1.29, 1.82) is 0 Å². The van der Waals surface area contributed by atoms with Gasteiger partial charge in [0.05, 0.1) is 11.3 Å². The molecule has 7 nitrogen and oxygen atoms in total. The Morgan fingerprint density at radius 1 is 1.20 bits per heavy atom. The summed E-state index contributed by atoms with van der Waals surface area (Å²) in [5.74, 6) is 2.33. The van der Waals surface area contributed by atoms with Crippen LogP contribution in [0.15, 0.2) is 30.3 Å². The molecule has 2 aliphatic heterocycles.